The number of carboxylic acid groups (broad SMARTS) is 1. The zero-order valence-electron chi connectivity index (χ0n) is 10.7. The molecule has 0 aliphatic carbocycles. The van der Waals surface area contributed by atoms with Gasteiger partial charge in [-0.05, 0) is 18.2 Å². The number of carboxylic acids is 1. The summed E-state index contributed by atoms with van der Waals surface area (Å²) in [5.74, 6) is -4.02. The van der Waals surface area contributed by atoms with Crippen molar-refractivity contribution < 1.29 is 28.2 Å². The molecule has 7 heteroatoms. The number of benzene rings is 1. The second-order valence-corrected chi connectivity index (χ2v) is 4.53. The van der Waals surface area contributed by atoms with Crippen molar-refractivity contribution in [1.29, 1.82) is 0 Å². The summed E-state index contributed by atoms with van der Waals surface area (Å²) in [6.45, 7) is 0.102. The van der Waals surface area contributed by atoms with Crippen LogP contribution in [0.15, 0.2) is 18.2 Å². The molecule has 1 aliphatic rings. The largest absolute Gasteiger partial charge is 0.480 e. The standard InChI is InChI=1S/C13H13F2NO4/c1-20-8-5-11(13(18)19)16(6-8)12(17)7-2-3-9(14)10(15)4-7/h2-4,8,11H,5-6H2,1H3,(H,18,19). The van der Waals surface area contributed by atoms with E-state index in [1.807, 2.05) is 0 Å². The van der Waals surface area contributed by atoms with E-state index in [0.29, 0.717) is 0 Å². The van der Waals surface area contributed by atoms with Crippen LogP contribution in [-0.2, 0) is 9.53 Å². The van der Waals surface area contributed by atoms with Gasteiger partial charge in [0.1, 0.15) is 6.04 Å². The molecule has 1 heterocycles. The summed E-state index contributed by atoms with van der Waals surface area (Å²) < 4.78 is 31.0. The summed E-state index contributed by atoms with van der Waals surface area (Å²) in [5, 5.41) is 9.11. The van der Waals surface area contributed by atoms with E-state index in [2.05, 4.69) is 0 Å². The lowest BCUT2D eigenvalue weighted by Crippen LogP contribution is -2.40. The third-order valence-corrected chi connectivity index (χ3v) is 3.31. The van der Waals surface area contributed by atoms with Crippen LogP contribution in [0.3, 0.4) is 0 Å². The van der Waals surface area contributed by atoms with Crippen molar-refractivity contribution in [3.8, 4) is 0 Å². The Morgan fingerprint density at radius 3 is 2.60 bits per heavy atom. The highest BCUT2D eigenvalue weighted by molar-refractivity contribution is 5.97. The van der Waals surface area contributed by atoms with Crippen molar-refractivity contribution in [2.24, 2.45) is 0 Å². The van der Waals surface area contributed by atoms with E-state index in [1.54, 1.807) is 0 Å². The number of ether oxygens (including phenoxy) is 1. The number of aliphatic carboxylic acids is 1. The maximum absolute atomic E-state index is 13.1. The van der Waals surface area contributed by atoms with Gasteiger partial charge in [0.25, 0.3) is 5.91 Å². The lowest BCUT2D eigenvalue weighted by Gasteiger charge is -2.21. The van der Waals surface area contributed by atoms with Crippen LogP contribution in [0.1, 0.15) is 16.8 Å². The Morgan fingerprint density at radius 2 is 2.05 bits per heavy atom. The maximum Gasteiger partial charge on any atom is 0.326 e. The molecule has 1 aliphatic heterocycles. The van der Waals surface area contributed by atoms with Crippen molar-refractivity contribution in [3.05, 3.63) is 35.4 Å². The first-order chi connectivity index (χ1) is 9.43. The summed E-state index contributed by atoms with van der Waals surface area (Å²) in [5.41, 5.74) is -0.0908. The maximum atomic E-state index is 13.1. The molecule has 1 fully saturated rings. The Balaban J connectivity index is 2.26. The molecular weight excluding hydrogens is 272 g/mol. The fraction of sp³-hybridized carbons (Fsp3) is 0.385. The highest BCUT2D eigenvalue weighted by Crippen LogP contribution is 2.23. The van der Waals surface area contributed by atoms with Gasteiger partial charge in [-0.25, -0.2) is 13.6 Å². The van der Waals surface area contributed by atoms with Crippen molar-refractivity contribution >= 4 is 11.9 Å². The zero-order valence-corrected chi connectivity index (χ0v) is 10.7. The first kappa shape index (κ1) is 14.4. The number of likely N-dealkylation sites (tertiary alicyclic amines) is 1. The Bertz CT molecular complexity index is 549. The molecule has 1 amide bonds. The molecule has 2 unspecified atom stereocenters. The number of carbonyl (C=O) groups is 2. The van der Waals surface area contributed by atoms with Crippen molar-refractivity contribution in [2.45, 2.75) is 18.6 Å². The number of amides is 1. The van der Waals surface area contributed by atoms with Gasteiger partial charge in [-0.1, -0.05) is 0 Å². The van der Waals surface area contributed by atoms with Gasteiger partial charge in [-0.2, -0.15) is 0 Å². The molecule has 0 bridgehead atoms. The molecule has 108 valence electrons. The minimum atomic E-state index is -1.15. The lowest BCUT2D eigenvalue weighted by molar-refractivity contribution is -0.141. The SMILES string of the molecule is COC1CC(C(=O)O)N(C(=O)c2ccc(F)c(F)c2)C1. The van der Waals surface area contributed by atoms with Crippen molar-refractivity contribution in [3.63, 3.8) is 0 Å². The molecule has 2 rings (SSSR count). The van der Waals surface area contributed by atoms with E-state index in [4.69, 9.17) is 9.84 Å². The number of rotatable bonds is 3. The van der Waals surface area contributed by atoms with Crippen LogP contribution in [0.5, 0.6) is 0 Å². The average molecular weight is 285 g/mol. The molecule has 0 aromatic heterocycles. The van der Waals surface area contributed by atoms with E-state index >= 15 is 0 Å². The number of methoxy groups -OCH3 is 1. The highest BCUT2D eigenvalue weighted by atomic mass is 19.2. The molecule has 0 spiro atoms. The van der Waals surface area contributed by atoms with E-state index in [0.717, 1.165) is 23.1 Å². The van der Waals surface area contributed by atoms with Crippen LogP contribution in [0, 0.1) is 11.6 Å². The van der Waals surface area contributed by atoms with Crippen LogP contribution in [-0.4, -0.2) is 47.7 Å². The van der Waals surface area contributed by atoms with Gasteiger partial charge < -0.3 is 14.7 Å². The number of carbonyl (C=O) groups excluding carboxylic acids is 1. The van der Waals surface area contributed by atoms with Crippen molar-refractivity contribution in [1.82, 2.24) is 4.90 Å². The Kier molecular flexibility index (Phi) is 3.99. The van der Waals surface area contributed by atoms with Crippen LogP contribution in [0.25, 0.3) is 0 Å². The minimum absolute atomic E-state index is 0.0908. The number of halogens is 2. The summed E-state index contributed by atoms with van der Waals surface area (Å²) in [6.07, 6.45) is -0.216. The molecular formula is C13H13F2NO4. The monoisotopic (exact) mass is 285 g/mol. The Labute approximate surface area is 113 Å². The van der Waals surface area contributed by atoms with Crippen LogP contribution < -0.4 is 0 Å². The Morgan fingerprint density at radius 1 is 1.35 bits per heavy atom. The number of nitrogens with zero attached hydrogens (tertiary/aromatic N) is 1. The van der Waals surface area contributed by atoms with Crippen LogP contribution in [0.4, 0.5) is 8.78 Å². The van der Waals surface area contributed by atoms with Crippen molar-refractivity contribution in [2.75, 3.05) is 13.7 Å². The second-order valence-electron chi connectivity index (χ2n) is 4.53. The minimum Gasteiger partial charge on any atom is -0.480 e. The predicted octanol–water partition coefficient (Wildman–Crippen LogP) is 1.28. The van der Waals surface area contributed by atoms with E-state index in [9.17, 15) is 18.4 Å². The fourth-order valence-electron chi connectivity index (χ4n) is 2.22. The molecule has 5 nitrogen and oxygen atoms in total. The molecule has 1 N–H and O–H groups in total. The average Bonchev–Trinajstić information content (AvgIpc) is 2.85. The van der Waals surface area contributed by atoms with E-state index in [-0.39, 0.29) is 24.6 Å². The molecule has 0 radical (unpaired) electrons. The molecule has 0 saturated carbocycles. The Hall–Kier alpha value is -2.02. The van der Waals surface area contributed by atoms with E-state index < -0.39 is 29.6 Å². The third kappa shape index (κ3) is 2.62. The first-order valence-corrected chi connectivity index (χ1v) is 5.95. The van der Waals surface area contributed by atoms with Crippen LogP contribution >= 0.6 is 0 Å². The molecule has 20 heavy (non-hydrogen) atoms. The molecule has 1 aromatic rings. The van der Waals surface area contributed by atoms with Gasteiger partial charge in [0, 0.05) is 25.6 Å². The molecule has 1 saturated heterocycles. The zero-order chi connectivity index (χ0) is 14.9. The topological polar surface area (TPSA) is 66.8 Å². The lowest BCUT2D eigenvalue weighted by atomic mass is 10.1. The van der Waals surface area contributed by atoms with Gasteiger partial charge in [0.05, 0.1) is 6.10 Å². The van der Waals surface area contributed by atoms with Crippen LogP contribution in [0.2, 0.25) is 0 Å². The highest BCUT2D eigenvalue weighted by Gasteiger charge is 2.40. The van der Waals surface area contributed by atoms with Gasteiger partial charge >= 0.3 is 5.97 Å². The first-order valence-electron chi connectivity index (χ1n) is 5.95. The molecule has 2 atom stereocenters. The van der Waals surface area contributed by atoms with Gasteiger partial charge in [-0.3, -0.25) is 4.79 Å². The third-order valence-electron chi connectivity index (χ3n) is 3.31. The number of hydrogen-bond acceptors (Lipinski definition) is 3. The van der Waals surface area contributed by atoms with E-state index in [1.165, 1.54) is 7.11 Å². The summed E-state index contributed by atoms with van der Waals surface area (Å²) >= 11 is 0. The van der Waals surface area contributed by atoms with Gasteiger partial charge in [0.2, 0.25) is 0 Å². The second kappa shape index (κ2) is 5.54. The van der Waals surface area contributed by atoms with Gasteiger partial charge in [0.15, 0.2) is 11.6 Å². The predicted molar refractivity (Wildman–Crippen MR) is 64.2 cm³/mol. The smallest absolute Gasteiger partial charge is 0.326 e. The normalized spacial score (nSPS) is 22.1. The number of hydrogen-bond donors (Lipinski definition) is 1. The summed E-state index contributed by atoms with van der Waals surface area (Å²) in [6, 6.07) is 1.69. The van der Waals surface area contributed by atoms with Gasteiger partial charge in [-0.15, -0.1) is 0 Å². The quantitative estimate of drug-likeness (QED) is 0.908. The summed E-state index contributed by atoms with van der Waals surface area (Å²) in [4.78, 5) is 24.5. The molecule has 1 aromatic carbocycles. The summed E-state index contributed by atoms with van der Waals surface area (Å²) in [7, 11) is 1.43. The fourth-order valence-corrected chi connectivity index (χ4v) is 2.22.